The molecule has 2 bridgehead atoms. The minimum atomic E-state index is -0.0792. The molecule has 2 aromatic rings. The molecule has 5 heterocycles. The van der Waals surface area contributed by atoms with Crippen LogP contribution in [0.1, 0.15) is 56.2 Å². The van der Waals surface area contributed by atoms with Gasteiger partial charge in [0.1, 0.15) is 5.82 Å². The summed E-state index contributed by atoms with van der Waals surface area (Å²) in [6, 6.07) is 1.14. The van der Waals surface area contributed by atoms with Crippen molar-refractivity contribution < 1.29 is 9.26 Å². The maximum Gasteiger partial charge on any atom is 0.266 e. The highest BCUT2D eigenvalue weighted by molar-refractivity contribution is 5.31. The summed E-state index contributed by atoms with van der Waals surface area (Å²) >= 11 is 0. The molecule has 1 unspecified atom stereocenters. The third-order valence-electron chi connectivity index (χ3n) is 6.76. The number of aromatic nitrogens is 4. The first kappa shape index (κ1) is 16.1. The fraction of sp³-hybridized carbons (Fsp3) is 0.737. The first-order valence-electron chi connectivity index (χ1n) is 10.2. The Morgan fingerprint density at radius 2 is 2.04 bits per heavy atom. The highest BCUT2D eigenvalue weighted by atomic mass is 16.5. The maximum atomic E-state index is 6.41. The molecule has 0 amide bonds. The van der Waals surface area contributed by atoms with Gasteiger partial charge in [0.25, 0.3) is 5.95 Å². The van der Waals surface area contributed by atoms with E-state index in [1.807, 2.05) is 12.4 Å². The first-order chi connectivity index (χ1) is 13.3. The lowest BCUT2D eigenvalue weighted by molar-refractivity contribution is -0.112. The zero-order valence-electron chi connectivity index (χ0n) is 15.5. The van der Waals surface area contributed by atoms with E-state index < -0.39 is 0 Å². The van der Waals surface area contributed by atoms with Gasteiger partial charge in [0.05, 0.1) is 25.3 Å². The van der Waals surface area contributed by atoms with Crippen LogP contribution in [0.2, 0.25) is 0 Å². The van der Waals surface area contributed by atoms with Crippen molar-refractivity contribution in [3.05, 3.63) is 24.1 Å². The summed E-state index contributed by atoms with van der Waals surface area (Å²) in [5.41, 5.74) is -0.0792. The van der Waals surface area contributed by atoms with Crippen LogP contribution in [0.4, 0.5) is 5.95 Å². The number of anilines is 1. The van der Waals surface area contributed by atoms with E-state index in [0.29, 0.717) is 18.0 Å². The molecule has 8 heteroatoms. The molecule has 27 heavy (non-hydrogen) atoms. The van der Waals surface area contributed by atoms with E-state index in [2.05, 4.69) is 29.9 Å². The van der Waals surface area contributed by atoms with Crippen LogP contribution in [-0.4, -0.2) is 62.4 Å². The molecule has 1 N–H and O–H groups in total. The van der Waals surface area contributed by atoms with Crippen molar-refractivity contribution in [1.82, 2.24) is 25.0 Å². The number of fused-ring (bicyclic) bond motifs is 2. The standard InChI is InChI=1S/C19H26N6O2/c1-2-13(1)17-22-18(23-27-17)24-7-8-26-19(12-24)9-14-3-4-15(10-19)25(14)11-16-20-5-6-21-16/h5-6,13-15H,1-4,7-12H2,(H,20,21)/t14-,15+,19?. The van der Waals surface area contributed by atoms with Gasteiger partial charge in [-0.25, -0.2) is 4.98 Å². The van der Waals surface area contributed by atoms with E-state index >= 15 is 0 Å². The predicted molar refractivity (Wildman–Crippen MR) is 97.3 cm³/mol. The maximum absolute atomic E-state index is 6.41. The Kier molecular flexibility index (Phi) is 3.59. The Bertz CT molecular complexity index is 787. The highest BCUT2D eigenvalue weighted by Crippen LogP contribution is 2.45. The van der Waals surface area contributed by atoms with Gasteiger partial charge >= 0.3 is 0 Å². The van der Waals surface area contributed by atoms with E-state index in [9.17, 15) is 0 Å². The second-order valence-corrected chi connectivity index (χ2v) is 8.66. The molecule has 4 aliphatic rings. The van der Waals surface area contributed by atoms with E-state index in [1.165, 1.54) is 25.7 Å². The zero-order chi connectivity index (χ0) is 17.8. The molecule has 144 valence electrons. The lowest BCUT2D eigenvalue weighted by Crippen LogP contribution is -2.60. The van der Waals surface area contributed by atoms with Gasteiger partial charge in [-0.2, -0.15) is 4.98 Å². The van der Waals surface area contributed by atoms with Gasteiger partial charge in [-0.15, -0.1) is 0 Å². The molecule has 1 spiro atoms. The van der Waals surface area contributed by atoms with Gasteiger partial charge in [-0.3, -0.25) is 4.90 Å². The number of morpholine rings is 1. The molecule has 3 atom stereocenters. The van der Waals surface area contributed by atoms with Crippen molar-refractivity contribution in [3.63, 3.8) is 0 Å². The fourth-order valence-corrected chi connectivity index (χ4v) is 5.33. The Labute approximate surface area is 158 Å². The number of H-pyrrole nitrogens is 1. The van der Waals surface area contributed by atoms with Crippen LogP contribution in [-0.2, 0) is 11.3 Å². The number of aromatic amines is 1. The Morgan fingerprint density at radius 1 is 1.19 bits per heavy atom. The summed E-state index contributed by atoms with van der Waals surface area (Å²) in [5.74, 6) is 3.14. The van der Waals surface area contributed by atoms with E-state index in [0.717, 1.165) is 56.7 Å². The van der Waals surface area contributed by atoms with E-state index in [1.54, 1.807) is 0 Å². The Balaban J connectivity index is 1.18. The summed E-state index contributed by atoms with van der Waals surface area (Å²) in [6.07, 6.45) is 10.8. The quantitative estimate of drug-likeness (QED) is 0.882. The third-order valence-corrected chi connectivity index (χ3v) is 6.76. The highest BCUT2D eigenvalue weighted by Gasteiger charge is 2.51. The van der Waals surface area contributed by atoms with Crippen LogP contribution in [0, 0.1) is 0 Å². The topological polar surface area (TPSA) is 83.3 Å². The zero-order valence-corrected chi connectivity index (χ0v) is 15.5. The predicted octanol–water partition coefficient (Wildman–Crippen LogP) is 2.07. The van der Waals surface area contributed by atoms with Crippen molar-refractivity contribution in [3.8, 4) is 0 Å². The molecular weight excluding hydrogens is 344 g/mol. The molecule has 0 aromatic carbocycles. The lowest BCUT2D eigenvalue weighted by Gasteiger charge is -2.50. The van der Waals surface area contributed by atoms with Crippen LogP contribution in [0.3, 0.4) is 0 Å². The minimum Gasteiger partial charge on any atom is -0.371 e. The first-order valence-corrected chi connectivity index (χ1v) is 10.2. The van der Waals surface area contributed by atoms with Crippen LogP contribution >= 0.6 is 0 Å². The third kappa shape index (κ3) is 2.86. The number of nitrogens with one attached hydrogen (secondary N) is 1. The van der Waals surface area contributed by atoms with Crippen LogP contribution < -0.4 is 4.90 Å². The number of imidazole rings is 1. The Morgan fingerprint density at radius 3 is 2.78 bits per heavy atom. The van der Waals surface area contributed by atoms with Crippen LogP contribution in [0.15, 0.2) is 16.9 Å². The van der Waals surface area contributed by atoms with Crippen molar-refractivity contribution in [2.45, 2.75) is 68.7 Å². The summed E-state index contributed by atoms with van der Waals surface area (Å²) in [5, 5.41) is 4.26. The van der Waals surface area contributed by atoms with Crippen molar-refractivity contribution in [1.29, 1.82) is 0 Å². The second kappa shape index (κ2) is 6.04. The van der Waals surface area contributed by atoms with Gasteiger partial charge < -0.3 is 19.1 Å². The lowest BCUT2D eigenvalue weighted by atomic mass is 9.84. The molecule has 4 fully saturated rings. The average Bonchev–Trinajstić information content (AvgIpc) is 3.08. The number of hydrogen-bond donors (Lipinski definition) is 1. The molecule has 1 saturated carbocycles. The van der Waals surface area contributed by atoms with Crippen molar-refractivity contribution >= 4 is 5.95 Å². The molecule has 8 nitrogen and oxygen atoms in total. The smallest absolute Gasteiger partial charge is 0.266 e. The fourth-order valence-electron chi connectivity index (χ4n) is 5.33. The molecule has 3 saturated heterocycles. The minimum absolute atomic E-state index is 0.0792. The SMILES string of the molecule is c1c[nH]c(CN2[C@@H]3CC[C@H]2CC2(C3)CN(c3noc(C4CC4)n3)CCO2)n1. The van der Waals surface area contributed by atoms with E-state index in [4.69, 9.17) is 9.26 Å². The largest absolute Gasteiger partial charge is 0.371 e. The van der Waals surface area contributed by atoms with Gasteiger partial charge in [-0.1, -0.05) is 0 Å². The van der Waals surface area contributed by atoms with Gasteiger partial charge in [-0.05, 0) is 43.7 Å². The molecular formula is C19H26N6O2. The number of ether oxygens (including phenoxy) is 1. The summed E-state index contributed by atoms with van der Waals surface area (Å²) in [4.78, 5) is 17.2. The second-order valence-electron chi connectivity index (χ2n) is 8.66. The summed E-state index contributed by atoms with van der Waals surface area (Å²) in [7, 11) is 0. The molecule has 6 rings (SSSR count). The normalized spacial score (nSPS) is 33.9. The summed E-state index contributed by atoms with van der Waals surface area (Å²) in [6.45, 7) is 3.37. The van der Waals surface area contributed by atoms with Crippen LogP contribution in [0.5, 0.6) is 0 Å². The van der Waals surface area contributed by atoms with Crippen LogP contribution in [0.25, 0.3) is 0 Å². The average molecular weight is 370 g/mol. The van der Waals surface area contributed by atoms with Gasteiger partial charge in [0.15, 0.2) is 0 Å². The molecule has 2 aromatic heterocycles. The molecule has 3 aliphatic heterocycles. The van der Waals surface area contributed by atoms with Crippen molar-refractivity contribution in [2.75, 3.05) is 24.6 Å². The molecule has 1 aliphatic carbocycles. The Hall–Kier alpha value is -1.93. The van der Waals surface area contributed by atoms with Gasteiger partial charge in [0.2, 0.25) is 5.89 Å². The number of nitrogens with zero attached hydrogens (tertiary/aromatic N) is 5. The number of piperidine rings is 1. The van der Waals surface area contributed by atoms with E-state index in [-0.39, 0.29) is 5.60 Å². The molecule has 0 radical (unpaired) electrons. The monoisotopic (exact) mass is 370 g/mol. The summed E-state index contributed by atoms with van der Waals surface area (Å²) < 4.78 is 11.9. The van der Waals surface area contributed by atoms with Gasteiger partial charge in [0, 0.05) is 36.9 Å². The number of hydrogen-bond acceptors (Lipinski definition) is 7. The van der Waals surface area contributed by atoms with Crippen molar-refractivity contribution in [2.24, 2.45) is 0 Å². The number of rotatable bonds is 4.